The Kier molecular flexibility index (Phi) is 13.3. The number of hydrogen-bond donors (Lipinski definition) is 6. The summed E-state index contributed by atoms with van der Waals surface area (Å²) in [5.41, 5.74) is 4.75. The van der Waals surface area contributed by atoms with Crippen LogP contribution >= 0.6 is 34.8 Å². The quantitative estimate of drug-likeness (QED) is 0.0490. The van der Waals surface area contributed by atoms with Gasteiger partial charge in [0.15, 0.2) is 17.4 Å². The molecule has 83 heavy (non-hydrogen) atoms. The first-order valence-corrected chi connectivity index (χ1v) is 26.5. The van der Waals surface area contributed by atoms with Gasteiger partial charge in [-0.15, -0.1) is 0 Å². The van der Waals surface area contributed by atoms with Gasteiger partial charge in [0.2, 0.25) is 11.3 Å². The van der Waals surface area contributed by atoms with Crippen molar-refractivity contribution in [2.24, 2.45) is 7.05 Å². The molecule has 19 nitrogen and oxygen atoms in total. The van der Waals surface area contributed by atoms with Gasteiger partial charge in [0.25, 0.3) is 11.6 Å². The number of aromatic carboxylic acids is 4. The molecule has 0 amide bonds. The highest BCUT2D eigenvalue weighted by Gasteiger charge is 2.32. The van der Waals surface area contributed by atoms with Gasteiger partial charge in [-0.05, 0) is 94.9 Å². The lowest BCUT2D eigenvalue weighted by molar-refractivity contribution is -0.650. The number of rotatable bonds is 12. The fraction of sp³-hybridized carbons (Fsp3) is 0.115. The molecule has 0 fully saturated rings. The molecule has 2 aliphatic rings. The highest BCUT2D eigenvalue weighted by molar-refractivity contribution is 6.51. The van der Waals surface area contributed by atoms with Gasteiger partial charge in [0.1, 0.15) is 46.8 Å². The molecule has 22 heteroatoms. The van der Waals surface area contributed by atoms with Crippen LogP contribution in [0.15, 0.2) is 121 Å². The third-order valence-corrected chi connectivity index (χ3v) is 15.2. The Morgan fingerprint density at radius 1 is 0.494 bits per heavy atom. The molecule has 0 radical (unpaired) electrons. The largest absolute Gasteiger partial charge is 0.489 e. The van der Waals surface area contributed by atoms with E-state index in [9.17, 15) is 39.6 Å². The lowest BCUT2D eigenvalue weighted by Crippen LogP contribution is -2.30. The Bertz CT molecular complexity index is 4530. The Morgan fingerprint density at radius 2 is 0.940 bits per heavy atom. The minimum absolute atomic E-state index is 0.0357. The molecule has 0 saturated heterocycles. The monoisotopic (exact) mass is 1170 g/mol. The van der Waals surface area contributed by atoms with E-state index in [1.165, 1.54) is 24.3 Å². The van der Waals surface area contributed by atoms with Crippen LogP contribution in [0.5, 0.6) is 23.0 Å². The van der Waals surface area contributed by atoms with Crippen molar-refractivity contribution in [1.82, 2.24) is 34.9 Å². The number of aromatic amines is 2. The summed E-state index contributed by atoms with van der Waals surface area (Å²) in [5, 5.41) is 41.0. The summed E-state index contributed by atoms with van der Waals surface area (Å²) in [6.07, 6.45) is 0. The van der Waals surface area contributed by atoms with E-state index in [1.807, 2.05) is 66.2 Å². The number of nitrogens with one attached hydrogen (secondary N) is 2. The third kappa shape index (κ3) is 9.89. The first kappa shape index (κ1) is 53.7. The molecule has 8 bridgehead atoms. The van der Waals surface area contributed by atoms with Gasteiger partial charge in [0.05, 0.1) is 61.2 Å². The van der Waals surface area contributed by atoms with Crippen LogP contribution in [0.25, 0.3) is 89.7 Å². The van der Waals surface area contributed by atoms with Crippen LogP contribution < -0.4 is 18.8 Å². The van der Waals surface area contributed by atoms with E-state index in [-0.39, 0.29) is 101 Å². The number of carbonyl (C=O) groups is 4. The molecule has 0 spiro atoms. The molecular formula is C61H42Cl3N8O11+. The highest BCUT2D eigenvalue weighted by atomic mass is 35.5. The molecular weight excluding hydrogens is 1130 g/mol. The number of fused-ring (bicyclic) bond motifs is 20. The predicted octanol–water partition coefficient (Wildman–Crippen LogP) is 13.3. The molecule has 0 aliphatic carbocycles. The first-order valence-electron chi connectivity index (χ1n) is 25.3. The van der Waals surface area contributed by atoms with Crippen molar-refractivity contribution in [3.8, 4) is 68.5 Å². The molecule has 0 saturated carbocycles. The number of carboxylic acid groups (broad SMARTS) is 4. The molecule has 0 unspecified atom stereocenters. The maximum Gasteiger partial charge on any atom is 0.335 e. The molecule has 0 atom stereocenters. The topological polar surface area (TPSA) is 277 Å². The fourth-order valence-corrected chi connectivity index (χ4v) is 10.8. The molecule has 12 rings (SSSR count). The fourth-order valence-electron chi connectivity index (χ4n) is 9.97. The standard InChI is InChI=1S/C61H41Cl3N8O11/c1-61(2,3)33-13-14-39-42(24-33)52-67-51(39)66-49-37-9-5-6-10-38(37)50(65-49)68-53-43-44(54(69-53)71-56-41-12-8-7-11-40(41)55(70-52)72(56)4)46(63)48(47(64)45(43)62)83-36-16-27(25-81-34-20-29(57(73)74)18-30(21-34)58(75)76)15-28(17-36)26-82-35-22-31(59(77)78)19-32(23-35)60(79)80/h5-24H,25-26H2,1-4H3,(H5,65,66,67,68,69,70,71,73,74,75,76,77,78,79,80)/p+1. The van der Waals surface area contributed by atoms with Crippen molar-refractivity contribution in [3.63, 3.8) is 0 Å². The van der Waals surface area contributed by atoms with E-state index in [2.05, 4.69) is 42.9 Å². The van der Waals surface area contributed by atoms with Crippen molar-refractivity contribution in [2.45, 2.75) is 39.4 Å². The Hall–Kier alpha value is -9.95. The number of carboxylic acids is 4. The lowest BCUT2D eigenvalue weighted by Gasteiger charge is -2.18. The van der Waals surface area contributed by atoms with E-state index >= 15 is 0 Å². The van der Waals surface area contributed by atoms with Gasteiger partial charge < -0.3 is 44.6 Å². The second-order valence-electron chi connectivity index (χ2n) is 20.6. The third-order valence-electron chi connectivity index (χ3n) is 14.0. The lowest BCUT2D eigenvalue weighted by atomic mass is 9.86. The number of ether oxygens (including phenoxy) is 3. The number of aromatic nitrogens is 8. The number of halogens is 3. The van der Waals surface area contributed by atoms with E-state index in [0.717, 1.165) is 45.2 Å². The van der Waals surface area contributed by atoms with Gasteiger partial charge in [-0.25, -0.2) is 38.7 Å². The van der Waals surface area contributed by atoms with Gasteiger partial charge in [-0.3, -0.25) is 0 Å². The van der Waals surface area contributed by atoms with Crippen LogP contribution in [0.2, 0.25) is 15.1 Å². The summed E-state index contributed by atoms with van der Waals surface area (Å²) in [6, 6.07) is 32.9. The summed E-state index contributed by atoms with van der Waals surface area (Å²) < 4.78 is 20.5. The summed E-state index contributed by atoms with van der Waals surface area (Å²) in [6.45, 7) is 5.86. The van der Waals surface area contributed by atoms with Crippen molar-refractivity contribution in [2.75, 3.05) is 0 Å². The zero-order chi connectivity index (χ0) is 58.3. The van der Waals surface area contributed by atoms with Gasteiger partial charge in [0, 0.05) is 21.9 Å². The van der Waals surface area contributed by atoms with Crippen molar-refractivity contribution >= 4 is 103 Å². The van der Waals surface area contributed by atoms with Gasteiger partial charge in [-0.2, -0.15) is 0 Å². The van der Waals surface area contributed by atoms with Gasteiger partial charge in [-0.1, -0.05) is 114 Å². The summed E-state index contributed by atoms with van der Waals surface area (Å²) >= 11 is 22.2. The predicted molar refractivity (Wildman–Crippen MR) is 309 cm³/mol. The Labute approximate surface area is 484 Å². The van der Waals surface area contributed by atoms with Crippen LogP contribution in [0.1, 0.15) is 78.9 Å². The second kappa shape index (κ2) is 20.5. The Morgan fingerprint density at radius 3 is 1.45 bits per heavy atom. The summed E-state index contributed by atoms with van der Waals surface area (Å²) in [7, 11) is 1.86. The number of hydrogen-bond acceptors (Lipinski definition) is 12. The molecule has 3 aromatic heterocycles. The SMILES string of the molecule is C[n+]1c2nc3[nH]c(nc4nc(nc5[nH]c(nc1-c1ccccc1-2)c1c(Cl)c(Oc2cc(COc6cc(C(=O)O)cc(C(=O)O)c6)cc(COc6cc(C(=O)O)cc(C(=O)O)c6)c2)c(Cl)c(Cl)c51)-c1ccccc1-4)c1ccc(C(C)(C)C)cc31. The number of nitrogens with zero attached hydrogens (tertiary/aromatic N) is 6. The highest BCUT2D eigenvalue weighted by Crippen LogP contribution is 2.50. The summed E-state index contributed by atoms with van der Waals surface area (Å²) in [4.78, 5) is 80.7. The molecule has 6 N–H and O–H groups in total. The van der Waals surface area contributed by atoms with Crippen molar-refractivity contribution in [1.29, 1.82) is 0 Å². The average Bonchev–Trinajstić information content (AvgIpc) is 2.65. The van der Waals surface area contributed by atoms with Crippen LogP contribution in [-0.4, -0.2) is 79.2 Å². The maximum atomic E-state index is 12.0. The zero-order valence-corrected chi connectivity index (χ0v) is 46.2. The summed E-state index contributed by atoms with van der Waals surface area (Å²) in [5.74, 6) is -4.00. The molecule has 10 aromatic rings. The normalized spacial score (nSPS) is 11.8. The average molecular weight is 1170 g/mol. The van der Waals surface area contributed by atoms with E-state index in [0.29, 0.717) is 51.3 Å². The second-order valence-corrected chi connectivity index (χ2v) is 21.7. The number of H-pyrrole nitrogens is 2. The van der Waals surface area contributed by atoms with E-state index < -0.39 is 23.9 Å². The van der Waals surface area contributed by atoms with Crippen LogP contribution in [0, 0.1) is 0 Å². The smallest absolute Gasteiger partial charge is 0.335 e. The maximum absolute atomic E-state index is 12.0. The van der Waals surface area contributed by atoms with Crippen molar-refractivity contribution < 1.29 is 58.4 Å². The molecule has 2 aliphatic heterocycles. The Balaban J connectivity index is 1.06. The number of benzene rings is 7. The van der Waals surface area contributed by atoms with Crippen LogP contribution in [0.3, 0.4) is 0 Å². The minimum Gasteiger partial charge on any atom is -0.489 e. The zero-order valence-electron chi connectivity index (χ0n) is 43.9. The molecule has 7 aromatic carbocycles. The van der Waals surface area contributed by atoms with Gasteiger partial charge >= 0.3 is 23.9 Å². The first-order chi connectivity index (χ1) is 39.7. The van der Waals surface area contributed by atoms with Crippen LogP contribution in [0.4, 0.5) is 0 Å². The van der Waals surface area contributed by atoms with E-state index in [1.54, 1.807) is 18.2 Å². The van der Waals surface area contributed by atoms with Crippen molar-refractivity contribution in [3.05, 3.63) is 175 Å². The molecule has 412 valence electrons. The minimum atomic E-state index is -1.38. The molecule has 5 heterocycles. The van der Waals surface area contributed by atoms with E-state index in [4.69, 9.17) is 73.9 Å². The van der Waals surface area contributed by atoms with Crippen LogP contribution in [-0.2, 0) is 25.7 Å².